The quantitative estimate of drug-likeness (QED) is 0.744. The SMILES string of the molecule is O=CCCC(c1cccs1)N1CCC(CNc2ncccn2)CC1. The molecule has 3 heterocycles. The fourth-order valence-electron chi connectivity index (χ4n) is 3.31. The lowest BCUT2D eigenvalue weighted by molar-refractivity contribution is -0.108. The largest absolute Gasteiger partial charge is 0.354 e. The summed E-state index contributed by atoms with van der Waals surface area (Å²) in [4.78, 5) is 23.1. The number of rotatable bonds is 8. The molecule has 5 nitrogen and oxygen atoms in total. The summed E-state index contributed by atoms with van der Waals surface area (Å²) in [7, 11) is 0. The molecule has 0 bridgehead atoms. The monoisotopic (exact) mass is 344 g/mol. The highest BCUT2D eigenvalue weighted by molar-refractivity contribution is 7.10. The molecule has 2 aromatic rings. The first-order valence-electron chi connectivity index (χ1n) is 8.59. The van der Waals surface area contributed by atoms with Crippen molar-refractivity contribution in [3.8, 4) is 0 Å². The highest BCUT2D eigenvalue weighted by Gasteiger charge is 2.26. The van der Waals surface area contributed by atoms with Gasteiger partial charge in [0.25, 0.3) is 0 Å². The van der Waals surface area contributed by atoms with E-state index in [0.29, 0.717) is 24.3 Å². The maximum atomic E-state index is 10.8. The van der Waals surface area contributed by atoms with Crippen LogP contribution in [-0.4, -0.2) is 40.8 Å². The maximum Gasteiger partial charge on any atom is 0.222 e. The summed E-state index contributed by atoms with van der Waals surface area (Å²) in [6.45, 7) is 3.10. The molecule has 0 spiro atoms. The van der Waals surface area contributed by atoms with E-state index in [1.165, 1.54) is 17.7 Å². The number of nitrogens with zero attached hydrogens (tertiary/aromatic N) is 3. The molecule has 6 heteroatoms. The second kappa shape index (κ2) is 8.89. The van der Waals surface area contributed by atoms with E-state index >= 15 is 0 Å². The molecular formula is C18H24N4OS. The summed E-state index contributed by atoms with van der Waals surface area (Å²) in [5, 5.41) is 5.46. The second-order valence-electron chi connectivity index (χ2n) is 6.21. The molecule has 1 aliphatic heterocycles. The average Bonchev–Trinajstić information content (AvgIpc) is 3.17. The summed E-state index contributed by atoms with van der Waals surface area (Å²) in [6.07, 6.45) is 8.45. The molecule has 1 N–H and O–H groups in total. The van der Waals surface area contributed by atoms with Crippen LogP contribution < -0.4 is 5.32 Å². The van der Waals surface area contributed by atoms with Crippen LogP contribution in [0.5, 0.6) is 0 Å². The van der Waals surface area contributed by atoms with Crippen molar-refractivity contribution in [2.75, 3.05) is 25.0 Å². The van der Waals surface area contributed by atoms with Crippen LogP contribution in [0.15, 0.2) is 36.0 Å². The number of carbonyl (C=O) groups excluding carboxylic acids is 1. The van der Waals surface area contributed by atoms with Crippen molar-refractivity contribution in [2.24, 2.45) is 5.92 Å². The molecule has 1 saturated heterocycles. The number of hydrogen-bond donors (Lipinski definition) is 1. The minimum Gasteiger partial charge on any atom is -0.354 e. The van der Waals surface area contributed by atoms with Gasteiger partial charge in [-0.2, -0.15) is 0 Å². The molecule has 0 amide bonds. The predicted molar refractivity (Wildman–Crippen MR) is 97.2 cm³/mol. The van der Waals surface area contributed by atoms with Crippen molar-refractivity contribution < 1.29 is 4.79 Å². The number of thiophene rings is 1. The molecule has 2 aromatic heterocycles. The Hall–Kier alpha value is -1.79. The summed E-state index contributed by atoms with van der Waals surface area (Å²) in [5.41, 5.74) is 0. The van der Waals surface area contributed by atoms with E-state index in [0.717, 1.165) is 32.3 Å². The zero-order valence-corrected chi connectivity index (χ0v) is 14.6. The number of anilines is 1. The summed E-state index contributed by atoms with van der Waals surface area (Å²) in [6, 6.07) is 6.51. The number of likely N-dealkylation sites (tertiary alicyclic amines) is 1. The Bertz CT molecular complexity index is 597. The van der Waals surface area contributed by atoms with Crippen LogP contribution in [0.3, 0.4) is 0 Å². The fourth-order valence-corrected chi connectivity index (χ4v) is 4.20. The van der Waals surface area contributed by atoms with Gasteiger partial charge < -0.3 is 10.1 Å². The second-order valence-corrected chi connectivity index (χ2v) is 7.19. The molecule has 0 aliphatic carbocycles. The van der Waals surface area contributed by atoms with Crippen molar-refractivity contribution >= 4 is 23.6 Å². The van der Waals surface area contributed by atoms with E-state index in [2.05, 4.69) is 37.7 Å². The van der Waals surface area contributed by atoms with Gasteiger partial charge in [-0.1, -0.05) is 6.07 Å². The zero-order valence-electron chi connectivity index (χ0n) is 13.8. The van der Waals surface area contributed by atoms with Gasteiger partial charge >= 0.3 is 0 Å². The Morgan fingerprint density at radius 1 is 1.29 bits per heavy atom. The lowest BCUT2D eigenvalue weighted by atomic mass is 9.94. The normalized spacial score (nSPS) is 17.5. The predicted octanol–water partition coefficient (Wildman–Crippen LogP) is 3.38. The van der Waals surface area contributed by atoms with Crippen LogP contribution in [0.1, 0.15) is 36.6 Å². The number of aldehydes is 1. The van der Waals surface area contributed by atoms with E-state index < -0.39 is 0 Å². The summed E-state index contributed by atoms with van der Waals surface area (Å²) < 4.78 is 0. The minimum atomic E-state index is 0.390. The van der Waals surface area contributed by atoms with Crippen LogP contribution >= 0.6 is 11.3 Å². The Morgan fingerprint density at radius 3 is 2.75 bits per heavy atom. The standard InChI is InChI=1S/C18H24N4OS/c23-12-1-4-16(17-5-2-13-24-17)22-10-6-15(7-11-22)14-21-18-19-8-3-9-20-18/h2-3,5,8-9,12-13,15-16H,1,4,6-7,10-11,14H2,(H,19,20,21). The smallest absolute Gasteiger partial charge is 0.222 e. The Labute approximate surface area is 147 Å². The maximum absolute atomic E-state index is 10.8. The minimum absolute atomic E-state index is 0.390. The molecule has 24 heavy (non-hydrogen) atoms. The van der Waals surface area contributed by atoms with Gasteiger partial charge in [0.1, 0.15) is 6.29 Å². The molecule has 1 aliphatic rings. The molecule has 0 aromatic carbocycles. The third-order valence-corrected chi connectivity index (χ3v) is 5.61. The van der Waals surface area contributed by atoms with E-state index in [1.807, 2.05) is 6.07 Å². The highest BCUT2D eigenvalue weighted by Crippen LogP contribution is 2.32. The van der Waals surface area contributed by atoms with E-state index in [-0.39, 0.29) is 0 Å². The third kappa shape index (κ3) is 4.61. The van der Waals surface area contributed by atoms with Gasteiger partial charge in [-0.25, -0.2) is 9.97 Å². The highest BCUT2D eigenvalue weighted by atomic mass is 32.1. The number of aromatic nitrogens is 2. The van der Waals surface area contributed by atoms with Crippen LogP contribution in [-0.2, 0) is 4.79 Å². The fraction of sp³-hybridized carbons (Fsp3) is 0.500. The van der Waals surface area contributed by atoms with Crippen molar-refractivity contribution in [1.82, 2.24) is 14.9 Å². The van der Waals surface area contributed by atoms with Crippen molar-refractivity contribution in [2.45, 2.75) is 31.7 Å². The molecule has 0 radical (unpaired) electrons. The molecule has 3 rings (SSSR count). The van der Waals surface area contributed by atoms with E-state index in [1.54, 1.807) is 23.7 Å². The first-order valence-corrected chi connectivity index (χ1v) is 9.46. The summed E-state index contributed by atoms with van der Waals surface area (Å²) in [5.74, 6) is 1.36. The van der Waals surface area contributed by atoms with Crippen molar-refractivity contribution in [3.63, 3.8) is 0 Å². The van der Waals surface area contributed by atoms with E-state index in [4.69, 9.17) is 0 Å². The van der Waals surface area contributed by atoms with Gasteiger partial charge in [0.15, 0.2) is 0 Å². The number of carbonyl (C=O) groups is 1. The molecule has 1 fully saturated rings. The van der Waals surface area contributed by atoms with Gasteiger partial charge in [-0.3, -0.25) is 4.90 Å². The van der Waals surface area contributed by atoms with E-state index in [9.17, 15) is 4.79 Å². The van der Waals surface area contributed by atoms with Crippen LogP contribution in [0.25, 0.3) is 0 Å². The Balaban J connectivity index is 1.50. The van der Waals surface area contributed by atoms with Gasteiger partial charge in [0, 0.05) is 36.3 Å². The Morgan fingerprint density at radius 2 is 2.08 bits per heavy atom. The molecule has 0 saturated carbocycles. The third-order valence-electron chi connectivity index (χ3n) is 4.63. The van der Waals surface area contributed by atoms with Gasteiger partial charge in [-0.15, -0.1) is 11.3 Å². The zero-order chi connectivity index (χ0) is 16.6. The number of hydrogen-bond acceptors (Lipinski definition) is 6. The van der Waals surface area contributed by atoms with Crippen LogP contribution in [0.4, 0.5) is 5.95 Å². The molecule has 1 atom stereocenters. The average molecular weight is 344 g/mol. The van der Waals surface area contributed by atoms with Crippen molar-refractivity contribution in [3.05, 3.63) is 40.8 Å². The van der Waals surface area contributed by atoms with Crippen LogP contribution in [0, 0.1) is 5.92 Å². The van der Waals surface area contributed by atoms with Crippen molar-refractivity contribution in [1.29, 1.82) is 0 Å². The lowest BCUT2D eigenvalue weighted by Gasteiger charge is -2.37. The molecular weight excluding hydrogens is 320 g/mol. The topological polar surface area (TPSA) is 58.1 Å². The first-order chi connectivity index (χ1) is 11.9. The van der Waals surface area contributed by atoms with Gasteiger partial charge in [-0.05, 0) is 55.8 Å². The molecule has 1 unspecified atom stereocenters. The number of piperidine rings is 1. The summed E-state index contributed by atoms with van der Waals surface area (Å²) >= 11 is 1.80. The van der Waals surface area contributed by atoms with Gasteiger partial charge in [0.05, 0.1) is 0 Å². The lowest BCUT2D eigenvalue weighted by Crippen LogP contribution is -2.38. The van der Waals surface area contributed by atoms with Crippen LogP contribution in [0.2, 0.25) is 0 Å². The number of nitrogens with one attached hydrogen (secondary N) is 1. The molecule has 128 valence electrons. The Kier molecular flexibility index (Phi) is 6.32. The van der Waals surface area contributed by atoms with Gasteiger partial charge in [0.2, 0.25) is 5.95 Å². The first kappa shape index (κ1) is 17.0.